The van der Waals surface area contributed by atoms with Crippen LogP contribution in [0, 0.1) is 6.92 Å². The van der Waals surface area contributed by atoms with E-state index in [9.17, 15) is 4.79 Å². The van der Waals surface area contributed by atoms with Crippen molar-refractivity contribution in [1.29, 1.82) is 0 Å². The molecule has 0 aliphatic carbocycles. The van der Waals surface area contributed by atoms with Crippen LogP contribution in [-0.4, -0.2) is 18.6 Å². The summed E-state index contributed by atoms with van der Waals surface area (Å²) in [6, 6.07) is 13.5. The number of hydrogen-bond acceptors (Lipinski definition) is 3. The molecule has 1 aliphatic heterocycles. The molecule has 1 atom stereocenters. The highest BCUT2D eigenvalue weighted by Gasteiger charge is 2.33. The summed E-state index contributed by atoms with van der Waals surface area (Å²) < 4.78 is 5.93. The highest BCUT2D eigenvalue weighted by molar-refractivity contribution is 6.00. The highest BCUT2D eigenvalue weighted by atomic mass is 16.5. The Morgan fingerprint density at radius 3 is 2.70 bits per heavy atom. The largest absolute Gasteiger partial charge is 0.478 e. The summed E-state index contributed by atoms with van der Waals surface area (Å²) in [6.07, 6.45) is 1.71. The molecule has 1 heterocycles. The summed E-state index contributed by atoms with van der Waals surface area (Å²) >= 11 is 0. The smallest absolute Gasteiger partial charge is 0.268 e. The molecule has 1 aliphatic rings. The van der Waals surface area contributed by atoms with Crippen molar-refractivity contribution in [3.05, 3.63) is 66.2 Å². The van der Waals surface area contributed by atoms with Crippen molar-refractivity contribution in [2.24, 2.45) is 0 Å². The normalized spacial score (nSPS) is 16.7. The van der Waals surface area contributed by atoms with Gasteiger partial charge in [0.25, 0.3) is 5.91 Å². The van der Waals surface area contributed by atoms with E-state index in [-0.39, 0.29) is 5.91 Å². The number of hydrogen-bond donors (Lipinski definition) is 1. The third-order valence-electron chi connectivity index (χ3n) is 3.94. The number of nitrogen functional groups attached to an aromatic ring is 1. The minimum Gasteiger partial charge on any atom is -0.478 e. The first-order valence-corrected chi connectivity index (χ1v) is 7.62. The summed E-state index contributed by atoms with van der Waals surface area (Å²) in [6.45, 7) is 6.21. The Kier molecular flexibility index (Phi) is 4.06. The van der Waals surface area contributed by atoms with E-state index in [4.69, 9.17) is 10.5 Å². The van der Waals surface area contributed by atoms with Gasteiger partial charge in [-0.05, 0) is 30.7 Å². The van der Waals surface area contributed by atoms with Gasteiger partial charge < -0.3 is 15.4 Å². The number of ether oxygens (including phenoxy) is 1. The van der Waals surface area contributed by atoms with Crippen LogP contribution >= 0.6 is 0 Å². The number of carbonyl (C=O) groups is 1. The fourth-order valence-corrected chi connectivity index (χ4v) is 2.73. The Balaban J connectivity index is 1.91. The van der Waals surface area contributed by atoms with Gasteiger partial charge in [0.15, 0.2) is 6.10 Å². The van der Waals surface area contributed by atoms with Gasteiger partial charge >= 0.3 is 0 Å². The van der Waals surface area contributed by atoms with E-state index in [1.54, 1.807) is 23.1 Å². The maximum absolute atomic E-state index is 12.8. The van der Waals surface area contributed by atoms with Crippen molar-refractivity contribution >= 4 is 17.3 Å². The number of amides is 1. The lowest BCUT2D eigenvalue weighted by molar-refractivity contribution is -0.126. The fraction of sp³-hybridized carbons (Fsp3) is 0.211. The Labute approximate surface area is 136 Å². The predicted molar refractivity (Wildman–Crippen MR) is 92.7 cm³/mol. The first-order valence-electron chi connectivity index (χ1n) is 7.62. The van der Waals surface area contributed by atoms with Gasteiger partial charge in [0, 0.05) is 18.7 Å². The number of carbonyl (C=O) groups excluding carboxylic acids is 1. The average molecular weight is 308 g/mol. The van der Waals surface area contributed by atoms with Crippen molar-refractivity contribution in [2.45, 2.75) is 19.4 Å². The zero-order valence-corrected chi connectivity index (χ0v) is 13.2. The van der Waals surface area contributed by atoms with E-state index in [1.807, 2.05) is 37.3 Å². The maximum Gasteiger partial charge on any atom is 0.268 e. The Morgan fingerprint density at radius 1 is 1.26 bits per heavy atom. The second kappa shape index (κ2) is 6.16. The maximum atomic E-state index is 12.8. The van der Waals surface area contributed by atoms with Crippen LogP contribution in [-0.2, 0) is 11.2 Å². The first-order chi connectivity index (χ1) is 11.1. The minimum atomic E-state index is -0.534. The molecule has 23 heavy (non-hydrogen) atoms. The molecule has 0 aromatic heterocycles. The average Bonchev–Trinajstić information content (AvgIpc) is 2.54. The standard InChI is InChI=1S/C19H20N2O2/c1-3-10-21-16-12-15(20)8-9-17(16)23-18(19(21)22)11-14-6-4-13(2)5-7-14/h3-9,12,18H,1,10-11,20H2,2H3. The highest BCUT2D eigenvalue weighted by Crippen LogP contribution is 2.36. The van der Waals surface area contributed by atoms with Gasteiger partial charge in [0.05, 0.1) is 5.69 Å². The van der Waals surface area contributed by atoms with E-state index in [1.165, 1.54) is 5.56 Å². The molecule has 0 radical (unpaired) electrons. The van der Waals surface area contributed by atoms with Crippen molar-refractivity contribution in [3.63, 3.8) is 0 Å². The molecule has 1 unspecified atom stereocenters. The molecule has 3 rings (SSSR count). The van der Waals surface area contributed by atoms with E-state index >= 15 is 0 Å². The van der Waals surface area contributed by atoms with Crippen molar-refractivity contribution < 1.29 is 9.53 Å². The predicted octanol–water partition coefficient (Wildman–Crippen LogP) is 3.10. The van der Waals surface area contributed by atoms with Crippen LogP contribution < -0.4 is 15.4 Å². The van der Waals surface area contributed by atoms with Crippen LogP contribution in [0.1, 0.15) is 11.1 Å². The number of nitrogens with zero attached hydrogens (tertiary/aromatic N) is 1. The van der Waals surface area contributed by atoms with Crippen LogP contribution in [0.15, 0.2) is 55.1 Å². The van der Waals surface area contributed by atoms with Gasteiger partial charge in [0.2, 0.25) is 0 Å². The molecule has 0 saturated heterocycles. The zero-order chi connectivity index (χ0) is 16.4. The van der Waals surface area contributed by atoms with Crippen LogP contribution in [0.4, 0.5) is 11.4 Å². The van der Waals surface area contributed by atoms with Crippen molar-refractivity contribution in [1.82, 2.24) is 0 Å². The third-order valence-corrected chi connectivity index (χ3v) is 3.94. The molecule has 4 heteroatoms. The fourth-order valence-electron chi connectivity index (χ4n) is 2.73. The molecular formula is C19H20N2O2. The van der Waals surface area contributed by atoms with E-state index < -0.39 is 6.10 Å². The number of anilines is 2. The Morgan fingerprint density at radius 2 is 2.00 bits per heavy atom. The number of nitrogens with two attached hydrogens (primary N) is 1. The van der Waals surface area contributed by atoms with Crippen LogP contribution in [0.5, 0.6) is 5.75 Å². The van der Waals surface area contributed by atoms with Crippen molar-refractivity contribution in [3.8, 4) is 5.75 Å². The molecule has 2 aromatic carbocycles. The van der Waals surface area contributed by atoms with Gasteiger partial charge in [-0.25, -0.2) is 0 Å². The molecule has 2 N–H and O–H groups in total. The lowest BCUT2D eigenvalue weighted by Crippen LogP contribution is -2.47. The number of aryl methyl sites for hydroxylation is 1. The summed E-state index contributed by atoms with van der Waals surface area (Å²) in [5, 5.41) is 0. The summed E-state index contributed by atoms with van der Waals surface area (Å²) in [4.78, 5) is 14.5. The quantitative estimate of drug-likeness (QED) is 0.697. The zero-order valence-electron chi connectivity index (χ0n) is 13.2. The lowest BCUT2D eigenvalue weighted by Gasteiger charge is -2.34. The van der Waals surface area contributed by atoms with Gasteiger partial charge in [-0.1, -0.05) is 35.9 Å². The molecular weight excluding hydrogens is 288 g/mol. The number of fused-ring (bicyclic) bond motifs is 1. The van der Waals surface area contributed by atoms with E-state index in [2.05, 4.69) is 6.58 Å². The molecule has 0 spiro atoms. The molecule has 1 amide bonds. The van der Waals surface area contributed by atoms with Crippen LogP contribution in [0.3, 0.4) is 0 Å². The van der Waals surface area contributed by atoms with Gasteiger partial charge in [-0.2, -0.15) is 0 Å². The van der Waals surface area contributed by atoms with Crippen LogP contribution in [0.25, 0.3) is 0 Å². The second-order valence-electron chi connectivity index (χ2n) is 5.76. The molecule has 118 valence electrons. The minimum absolute atomic E-state index is 0.0661. The Hall–Kier alpha value is -2.75. The molecule has 2 aromatic rings. The molecule has 0 saturated carbocycles. The van der Waals surface area contributed by atoms with Crippen LogP contribution in [0.2, 0.25) is 0 Å². The molecule has 4 nitrogen and oxygen atoms in total. The molecule has 0 fully saturated rings. The van der Waals surface area contributed by atoms with Gasteiger partial charge in [-0.3, -0.25) is 4.79 Å². The second-order valence-corrected chi connectivity index (χ2v) is 5.76. The number of benzene rings is 2. The third kappa shape index (κ3) is 3.06. The van der Waals surface area contributed by atoms with E-state index in [0.29, 0.717) is 30.1 Å². The van der Waals surface area contributed by atoms with Gasteiger partial charge in [-0.15, -0.1) is 6.58 Å². The monoisotopic (exact) mass is 308 g/mol. The van der Waals surface area contributed by atoms with E-state index in [0.717, 1.165) is 5.56 Å². The van der Waals surface area contributed by atoms with Gasteiger partial charge in [0.1, 0.15) is 5.75 Å². The topological polar surface area (TPSA) is 55.6 Å². The Bertz CT molecular complexity index is 738. The summed E-state index contributed by atoms with van der Waals surface area (Å²) in [5.41, 5.74) is 9.41. The summed E-state index contributed by atoms with van der Waals surface area (Å²) in [7, 11) is 0. The lowest BCUT2D eigenvalue weighted by atomic mass is 10.0. The SMILES string of the molecule is C=CCN1C(=O)C(Cc2ccc(C)cc2)Oc2ccc(N)cc21. The first kappa shape index (κ1) is 15.2. The van der Waals surface area contributed by atoms with Crippen molar-refractivity contribution in [2.75, 3.05) is 17.2 Å². The summed E-state index contributed by atoms with van der Waals surface area (Å²) in [5.74, 6) is 0.612. The number of rotatable bonds is 4. The molecule has 0 bridgehead atoms.